The van der Waals surface area contributed by atoms with Crippen LogP contribution in [0.1, 0.15) is 19.8 Å². The van der Waals surface area contributed by atoms with Crippen LogP contribution < -0.4 is 10.2 Å². The normalized spacial score (nSPS) is 17.7. The average molecular weight is 220 g/mol. The minimum absolute atomic E-state index is 0.827. The Morgan fingerprint density at radius 1 is 1.44 bits per heavy atom. The SMILES string of the molecule is CCNCC1CCN(c2cccnn2)CC1. The second kappa shape index (κ2) is 5.80. The predicted molar refractivity (Wildman–Crippen MR) is 65.5 cm³/mol. The average Bonchev–Trinajstić information content (AvgIpc) is 2.38. The maximum absolute atomic E-state index is 4.15. The zero-order chi connectivity index (χ0) is 11.2. The van der Waals surface area contributed by atoms with Gasteiger partial charge in [0.25, 0.3) is 0 Å². The zero-order valence-electron chi connectivity index (χ0n) is 9.89. The summed E-state index contributed by atoms with van der Waals surface area (Å²) < 4.78 is 0. The lowest BCUT2D eigenvalue weighted by Gasteiger charge is -2.32. The van der Waals surface area contributed by atoms with Crippen LogP contribution in [-0.2, 0) is 0 Å². The van der Waals surface area contributed by atoms with E-state index in [9.17, 15) is 0 Å². The van der Waals surface area contributed by atoms with E-state index in [4.69, 9.17) is 0 Å². The number of rotatable bonds is 4. The Bertz CT molecular complexity index is 293. The molecule has 1 N–H and O–H groups in total. The van der Waals surface area contributed by atoms with Crippen molar-refractivity contribution < 1.29 is 0 Å². The maximum Gasteiger partial charge on any atom is 0.151 e. The Balaban J connectivity index is 1.81. The molecule has 1 saturated heterocycles. The van der Waals surface area contributed by atoms with Gasteiger partial charge >= 0.3 is 0 Å². The van der Waals surface area contributed by atoms with E-state index < -0.39 is 0 Å². The van der Waals surface area contributed by atoms with E-state index in [1.54, 1.807) is 6.20 Å². The molecule has 0 amide bonds. The summed E-state index contributed by atoms with van der Waals surface area (Å²) in [6.45, 7) is 6.60. The Hall–Kier alpha value is -1.16. The number of nitrogens with one attached hydrogen (secondary N) is 1. The molecule has 0 aromatic carbocycles. The molecule has 4 heteroatoms. The van der Waals surface area contributed by atoms with E-state index in [0.717, 1.165) is 37.9 Å². The number of nitrogens with zero attached hydrogens (tertiary/aromatic N) is 3. The van der Waals surface area contributed by atoms with Crippen LogP contribution in [0.15, 0.2) is 18.3 Å². The summed E-state index contributed by atoms with van der Waals surface area (Å²) in [4.78, 5) is 2.33. The molecule has 0 unspecified atom stereocenters. The molecule has 0 saturated carbocycles. The molecule has 1 aromatic heterocycles. The molecular formula is C12H20N4. The smallest absolute Gasteiger partial charge is 0.151 e. The molecule has 0 bridgehead atoms. The summed E-state index contributed by atoms with van der Waals surface area (Å²) in [5.41, 5.74) is 0. The van der Waals surface area contributed by atoms with Crippen molar-refractivity contribution in [2.24, 2.45) is 5.92 Å². The van der Waals surface area contributed by atoms with Crippen LogP contribution in [0.4, 0.5) is 5.82 Å². The summed E-state index contributed by atoms with van der Waals surface area (Å²) in [5, 5.41) is 11.5. The van der Waals surface area contributed by atoms with Gasteiger partial charge in [-0.05, 0) is 44.0 Å². The lowest BCUT2D eigenvalue weighted by molar-refractivity contribution is 0.385. The van der Waals surface area contributed by atoms with Crippen LogP contribution in [0, 0.1) is 5.92 Å². The van der Waals surface area contributed by atoms with E-state index in [-0.39, 0.29) is 0 Å². The van der Waals surface area contributed by atoms with Crippen LogP contribution in [0.3, 0.4) is 0 Å². The first-order valence-electron chi connectivity index (χ1n) is 6.13. The standard InChI is InChI=1S/C12H20N4/c1-2-13-10-11-5-8-16(9-6-11)12-4-3-7-14-15-12/h3-4,7,11,13H,2,5-6,8-10H2,1H3. The highest BCUT2D eigenvalue weighted by molar-refractivity contribution is 5.36. The van der Waals surface area contributed by atoms with Gasteiger partial charge in [-0.2, -0.15) is 5.10 Å². The highest BCUT2D eigenvalue weighted by atomic mass is 15.3. The van der Waals surface area contributed by atoms with E-state index >= 15 is 0 Å². The molecular weight excluding hydrogens is 200 g/mol. The molecule has 0 spiro atoms. The molecule has 4 nitrogen and oxygen atoms in total. The van der Waals surface area contributed by atoms with Gasteiger partial charge in [0.1, 0.15) is 0 Å². The third-order valence-electron chi connectivity index (χ3n) is 3.18. The fourth-order valence-corrected chi connectivity index (χ4v) is 2.18. The van der Waals surface area contributed by atoms with Crippen LogP contribution in [-0.4, -0.2) is 36.4 Å². The van der Waals surface area contributed by atoms with E-state index in [2.05, 4.69) is 27.3 Å². The summed E-state index contributed by atoms with van der Waals surface area (Å²) in [5.74, 6) is 1.84. The molecule has 1 aliphatic heterocycles. The second-order valence-electron chi connectivity index (χ2n) is 4.32. The molecule has 0 radical (unpaired) electrons. The largest absolute Gasteiger partial charge is 0.355 e. The third kappa shape index (κ3) is 2.92. The topological polar surface area (TPSA) is 41.0 Å². The van der Waals surface area contributed by atoms with Crippen molar-refractivity contribution in [2.45, 2.75) is 19.8 Å². The minimum atomic E-state index is 0.827. The van der Waals surface area contributed by atoms with E-state index in [1.165, 1.54) is 12.8 Å². The molecule has 88 valence electrons. The van der Waals surface area contributed by atoms with Crippen molar-refractivity contribution >= 4 is 5.82 Å². The first kappa shape index (κ1) is 11.3. The molecule has 2 rings (SSSR count). The molecule has 0 aliphatic carbocycles. The minimum Gasteiger partial charge on any atom is -0.355 e. The molecule has 1 fully saturated rings. The molecule has 1 aliphatic rings. The molecule has 0 atom stereocenters. The first-order chi connectivity index (χ1) is 7.90. The van der Waals surface area contributed by atoms with Crippen LogP contribution in [0.25, 0.3) is 0 Å². The molecule has 16 heavy (non-hydrogen) atoms. The summed E-state index contributed by atoms with van der Waals surface area (Å²) in [6, 6.07) is 3.99. The van der Waals surface area contributed by atoms with Crippen molar-refractivity contribution in [3.8, 4) is 0 Å². The number of hydrogen-bond acceptors (Lipinski definition) is 4. The lowest BCUT2D eigenvalue weighted by atomic mass is 9.97. The molecule has 2 heterocycles. The zero-order valence-corrected chi connectivity index (χ0v) is 9.89. The Morgan fingerprint density at radius 2 is 2.25 bits per heavy atom. The number of piperidine rings is 1. The van der Waals surface area contributed by atoms with Gasteiger partial charge in [0, 0.05) is 19.3 Å². The van der Waals surface area contributed by atoms with E-state index in [1.807, 2.05) is 12.1 Å². The van der Waals surface area contributed by atoms with Crippen molar-refractivity contribution in [1.82, 2.24) is 15.5 Å². The van der Waals surface area contributed by atoms with Gasteiger partial charge in [0.15, 0.2) is 5.82 Å². The summed E-state index contributed by atoms with van der Waals surface area (Å²) >= 11 is 0. The molecule has 1 aromatic rings. The van der Waals surface area contributed by atoms with Gasteiger partial charge in [-0.15, -0.1) is 5.10 Å². The summed E-state index contributed by atoms with van der Waals surface area (Å²) in [6.07, 6.45) is 4.23. The van der Waals surface area contributed by atoms with Gasteiger partial charge in [-0.1, -0.05) is 6.92 Å². The lowest BCUT2D eigenvalue weighted by Crippen LogP contribution is -2.37. The maximum atomic E-state index is 4.15. The van der Waals surface area contributed by atoms with Gasteiger partial charge in [0.05, 0.1) is 0 Å². The number of anilines is 1. The summed E-state index contributed by atoms with van der Waals surface area (Å²) in [7, 11) is 0. The fraction of sp³-hybridized carbons (Fsp3) is 0.667. The number of hydrogen-bond donors (Lipinski definition) is 1. The van der Waals surface area contributed by atoms with Crippen molar-refractivity contribution in [3.05, 3.63) is 18.3 Å². The fourth-order valence-electron chi connectivity index (χ4n) is 2.18. The highest BCUT2D eigenvalue weighted by Gasteiger charge is 2.19. The van der Waals surface area contributed by atoms with Gasteiger partial charge in [-0.3, -0.25) is 0 Å². The third-order valence-corrected chi connectivity index (χ3v) is 3.18. The number of aromatic nitrogens is 2. The van der Waals surface area contributed by atoms with Crippen molar-refractivity contribution in [2.75, 3.05) is 31.1 Å². The van der Waals surface area contributed by atoms with Gasteiger partial charge in [0.2, 0.25) is 0 Å². The quantitative estimate of drug-likeness (QED) is 0.830. The van der Waals surface area contributed by atoms with Crippen molar-refractivity contribution in [3.63, 3.8) is 0 Å². The Morgan fingerprint density at radius 3 is 2.88 bits per heavy atom. The predicted octanol–water partition coefficient (Wildman–Crippen LogP) is 1.30. The second-order valence-corrected chi connectivity index (χ2v) is 4.32. The van der Waals surface area contributed by atoms with E-state index in [0.29, 0.717) is 0 Å². The van der Waals surface area contributed by atoms with Crippen LogP contribution in [0.5, 0.6) is 0 Å². The first-order valence-corrected chi connectivity index (χ1v) is 6.13. The monoisotopic (exact) mass is 220 g/mol. The highest BCUT2D eigenvalue weighted by Crippen LogP contribution is 2.20. The van der Waals surface area contributed by atoms with Crippen LogP contribution in [0.2, 0.25) is 0 Å². The van der Waals surface area contributed by atoms with Gasteiger partial charge < -0.3 is 10.2 Å². The van der Waals surface area contributed by atoms with Crippen LogP contribution >= 0.6 is 0 Å². The van der Waals surface area contributed by atoms with Gasteiger partial charge in [-0.25, -0.2) is 0 Å². The Labute approximate surface area is 97.1 Å². The van der Waals surface area contributed by atoms with Crippen molar-refractivity contribution in [1.29, 1.82) is 0 Å². The Kier molecular flexibility index (Phi) is 4.10.